The van der Waals surface area contributed by atoms with Crippen molar-refractivity contribution in [3.05, 3.63) is 0 Å². The third kappa shape index (κ3) is 17.1. The molecule has 0 aliphatic rings. The second-order valence-corrected chi connectivity index (χ2v) is 6.79. The van der Waals surface area contributed by atoms with Crippen LogP contribution in [0.2, 0.25) is 0 Å². The van der Waals surface area contributed by atoms with Crippen LogP contribution in [0.15, 0.2) is 0 Å². The van der Waals surface area contributed by atoms with Gasteiger partial charge in [-0.3, -0.25) is 9.59 Å². The molecular weight excluding hydrogens is 294 g/mol. The van der Waals surface area contributed by atoms with Gasteiger partial charge in [0.2, 0.25) is 0 Å². The van der Waals surface area contributed by atoms with Gasteiger partial charge in [0, 0.05) is 13.1 Å². The monoisotopic (exact) mass is 329 g/mol. The number of hydrogen-bond donors (Lipinski definition) is 2. The molecule has 0 unspecified atom stereocenters. The van der Waals surface area contributed by atoms with Crippen LogP contribution in [0.5, 0.6) is 0 Å². The highest BCUT2D eigenvalue weighted by atomic mass is 16.4. The van der Waals surface area contributed by atoms with Crippen LogP contribution in [0.3, 0.4) is 0 Å². The molecule has 0 bridgehead atoms. The number of aliphatic carboxylic acids is 2. The molecule has 0 heterocycles. The summed E-state index contributed by atoms with van der Waals surface area (Å²) in [5.74, 6) is -0.851. The molecule has 2 N–H and O–H groups in total. The maximum atomic E-state index is 10.6. The molecule has 136 valence electrons. The van der Waals surface area contributed by atoms with Crippen molar-refractivity contribution in [2.45, 2.75) is 78.1 Å². The smallest absolute Gasteiger partial charge is 0.304 e. The van der Waals surface area contributed by atoms with Gasteiger partial charge in [-0.15, -0.1) is 0 Å². The standard InChI is InChI=1S/C18H35NO4/c1-16(2)10-8-6-4-3-5-7-9-13-19(14-11-17(20)21)15-12-18(22)23/h16H,3-15H2,1-2H3,(H,20,21)(H,22,23). The highest BCUT2D eigenvalue weighted by molar-refractivity contribution is 5.67. The number of carboxylic acid groups (broad SMARTS) is 2. The average Bonchev–Trinajstić information content (AvgIpc) is 2.46. The Hall–Kier alpha value is -1.10. The van der Waals surface area contributed by atoms with Crippen LogP contribution in [0.1, 0.15) is 78.1 Å². The minimum absolute atomic E-state index is 0.0788. The summed E-state index contributed by atoms with van der Waals surface area (Å²) in [7, 11) is 0. The quantitative estimate of drug-likeness (QED) is 0.418. The van der Waals surface area contributed by atoms with E-state index in [4.69, 9.17) is 10.2 Å². The number of unbranched alkanes of at least 4 members (excludes halogenated alkanes) is 6. The second kappa shape index (κ2) is 14.5. The first kappa shape index (κ1) is 21.9. The summed E-state index contributed by atoms with van der Waals surface area (Å²) in [6.45, 7) is 6.21. The van der Waals surface area contributed by atoms with E-state index < -0.39 is 11.9 Å². The Bertz CT molecular complexity index is 300. The summed E-state index contributed by atoms with van der Waals surface area (Å²) in [6.07, 6.45) is 10.1. The van der Waals surface area contributed by atoms with Crippen LogP contribution in [0, 0.1) is 5.92 Å². The number of hydrogen-bond acceptors (Lipinski definition) is 3. The molecule has 0 aliphatic heterocycles. The molecule has 0 fully saturated rings. The summed E-state index contributed by atoms with van der Waals surface area (Å²) in [5.41, 5.74) is 0. The van der Waals surface area contributed by atoms with Gasteiger partial charge in [-0.25, -0.2) is 0 Å². The predicted molar refractivity (Wildman–Crippen MR) is 92.7 cm³/mol. The molecule has 0 radical (unpaired) electrons. The normalized spacial score (nSPS) is 11.3. The van der Waals surface area contributed by atoms with E-state index in [2.05, 4.69) is 13.8 Å². The zero-order chi connectivity index (χ0) is 17.5. The Morgan fingerprint density at radius 2 is 1.17 bits per heavy atom. The molecule has 0 spiro atoms. The van der Waals surface area contributed by atoms with Gasteiger partial charge >= 0.3 is 11.9 Å². The number of rotatable bonds is 16. The highest BCUT2D eigenvalue weighted by Crippen LogP contribution is 2.12. The van der Waals surface area contributed by atoms with Gasteiger partial charge in [0.05, 0.1) is 12.8 Å². The summed E-state index contributed by atoms with van der Waals surface area (Å²) >= 11 is 0. The lowest BCUT2D eigenvalue weighted by Crippen LogP contribution is -2.30. The zero-order valence-electron chi connectivity index (χ0n) is 14.9. The van der Waals surface area contributed by atoms with Crippen LogP contribution in [0.4, 0.5) is 0 Å². The van der Waals surface area contributed by atoms with Crippen LogP contribution < -0.4 is 0 Å². The van der Waals surface area contributed by atoms with Gasteiger partial charge in [0.25, 0.3) is 0 Å². The number of nitrogens with zero attached hydrogens (tertiary/aromatic N) is 1. The van der Waals surface area contributed by atoms with E-state index in [1.165, 1.54) is 38.5 Å². The zero-order valence-corrected chi connectivity index (χ0v) is 14.9. The molecule has 5 nitrogen and oxygen atoms in total. The number of carboxylic acids is 2. The van der Waals surface area contributed by atoms with Crippen molar-refractivity contribution in [3.8, 4) is 0 Å². The molecule has 0 saturated carbocycles. The Morgan fingerprint density at radius 1 is 0.739 bits per heavy atom. The highest BCUT2D eigenvalue weighted by Gasteiger charge is 2.09. The summed E-state index contributed by atoms with van der Waals surface area (Å²) < 4.78 is 0. The van der Waals surface area contributed by atoms with Crippen LogP contribution >= 0.6 is 0 Å². The SMILES string of the molecule is CC(C)CCCCCCCCCN(CCC(=O)O)CCC(=O)O. The molecule has 0 saturated heterocycles. The minimum Gasteiger partial charge on any atom is -0.481 e. The Labute approximate surface area is 141 Å². The Morgan fingerprint density at radius 3 is 1.61 bits per heavy atom. The van der Waals surface area contributed by atoms with Crippen molar-refractivity contribution in [2.75, 3.05) is 19.6 Å². The van der Waals surface area contributed by atoms with Gasteiger partial charge in [0.15, 0.2) is 0 Å². The first-order valence-corrected chi connectivity index (χ1v) is 9.07. The molecule has 23 heavy (non-hydrogen) atoms. The maximum absolute atomic E-state index is 10.6. The van der Waals surface area contributed by atoms with Gasteiger partial charge in [-0.2, -0.15) is 0 Å². The van der Waals surface area contributed by atoms with Crippen molar-refractivity contribution in [3.63, 3.8) is 0 Å². The van der Waals surface area contributed by atoms with E-state index in [-0.39, 0.29) is 12.8 Å². The molecule has 0 amide bonds. The Kier molecular flexibility index (Phi) is 13.8. The lowest BCUT2D eigenvalue weighted by atomic mass is 10.0. The van der Waals surface area contributed by atoms with Gasteiger partial charge < -0.3 is 15.1 Å². The third-order valence-corrected chi connectivity index (χ3v) is 4.04. The third-order valence-electron chi connectivity index (χ3n) is 4.04. The fourth-order valence-corrected chi connectivity index (χ4v) is 2.61. The lowest BCUT2D eigenvalue weighted by molar-refractivity contribution is -0.137. The summed E-state index contributed by atoms with van der Waals surface area (Å²) in [5, 5.41) is 17.5. The van der Waals surface area contributed by atoms with Crippen molar-refractivity contribution >= 4 is 11.9 Å². The van der Waals surface area contributed by atoms with Crippen molar-refractivity contribution < 1.29 is 19.8 Å². The average molecular weight is 329 g/mol. The van der Waals surface area contributed by atoms with E-state index in [0.717, 1.165) is 25.3 Å². The first-order chi connectivity index (χ1) is 10.9. The first-order valence-electron chi connectivity index (χ1n) is 9.07. The van der Waals surface area contributed by atoms with Gasteiger partial charge in [-0.05, 0) is 18.9 Å². The fourth-order valence-electron chi connectivity index (χ4n) is 2.61. The van der Waals surface area contributed by atoms with E-state index in [1.54, 1.807) is 0 Å². The topological polar surface area (TPSA) is 77.8 Å². The maximum Gasteiger partial charge on any atom is 0.304 e. The lowest BCUT2D eigenvalue weighted by Gasteiger charge is -2.20. The van der Waals surface area contributed by atoms with Crippen LogP contribution in [-0.2, 0) is 9.59 Å². The van der Waals surface area contributed by atoms with E-state index >= 15 is 0 Å². The minimum atomic E-state index is -0.827. The fraction of sp³-hybridized carbons (Fsp3) is 0.889. The van der Waals surface area contributed by atoms with E-state index in [9.17, 15) is 9.59 Å². The molecule has 0 aliphatic carbocycles. The Balaban J connectivity index is 3.64. The molecule has 5 heteroatoms. The van der Waals surface area contributed by atoms with Crippen LogP contribution in [-0.4, -0.2) is 46.7 Å². The largest absolute Gasteiger partial charge is 0.481 e. The summed E-state index contributed by atoms with van der Waals surface area (Å²) in [4.78, 5) is 23.2. The molecule has 0 aromatic rings. The van der Waals surface area contributed by atoms with Crippen molar-refractivity contribution in [1.82, 2.24) is 4.90 Å². The van der Waals surface area contributed by atoms with Crippen molar-refractivity contribution in [1.29, 1.82) is 0 Å². The molecule has 0 atom stereocenters. The molecule has 0 rings (SSSR count). The van der Waals surface area contributed by atoms with Crippen molar-refractivity contribution in [2.24, 2.45) is 5.92 Å². The number of carbonyl (C=O) groups is 2. The van der Waals surface area contributed by atoms with Gasteiger partial charge in [-0.1, -0.05) is 58.8 Å². The van der Waals surface area contributed by atoms with Crippen LogP contribution in [0.25, 0.3) is 0 Å². The predicted octanol–water partition coefficient (Wildman–Crippen LogP) is 4.01. The molecule has 0 aromatic heterocycles. The van der Waals surface area contributed by atoms with E-state index in [0.29, 0.717) is 13.1 Å². The molecular formula is C18H35NO4. The summed E-state index contributed by atoms with van der Waals surface area (Å²) in [6, 6.07) is 0. The van der Waals surface area contributed by atoms with Gasteiger partial charge in [0.1, 0.15) is 0 Å². The van der Waals surface area contributed by atoms with E-state index in [1.807, 2.05) is 4.90 Å². The molecule has 0 aromatic carbocycles. The second-order valence-electron chi connectivity index (χ2n) is 6.79.